The van der Waals surface area contributed by atoms with Gasteiger partial charge in [0.2, 0.25) is 0 Å². The Morgan fingerprint density at radius 1 is 0.833 bits per heavy atom. The van der Waals surface area contributed by atoms with E-state index in [2.05, 4.69) is 5.32 Å². The lowest BCUT2D eigenvalue weighted by Crippen LogP contribution is -2.22. The number of aliphatic hydroxyl groups excluding tert-OH is 1. The molecule has 0 aromatic heterocycles. The molecule has 0 heterocycles. The number of benzene rings is 4. The Morgan fingerprint density at radius 2 is 1.47 bits per heavy atom. The SMILES string of the molecule is O=C(O)c1ccc(C(O)c2cc3cc(C(=O)NCc4ccc(C(F)(F)F)cc4)ccc3cc2O)cc1. The Labute approximate surface area is 203 Å². The van der Waals surface area contributed by atoms with Gasteiger partial charge in [0, 0.05) is 17.7 Å². The van der Waals surface area contributed by atoms with Crippen molar-refractivity contribution in [2.75, 3.05) is 0 Å². The zero-order valence-electron chi connectivity index (χ0n) is 18.6. The van der Waals surface area contributed by atoms with Gasteiger partial charge in [0.1, 0.15) is 11.9 Å². The molecular formula is C27H20F3NO5. The number of rotatable bonds is 6. The van der Waals surface area contributed by atoms with Crippen LogP contribution >= 0.6 is 0 Å². The summed E-state index contributed by atoms with van der Waals surface area (Å²) < 4.78 is 38.1. The molecule has 4 aromatic carbocycles. The van der Waals surface area contributed by atoms with E-state index in [9.17, 15) is 33.0 Å². The van der Waals surface area contributed by atoms with Gasteiger partial charge in [0.15, 0.2) is 0 Å². The van der Waals surface area contributed by atoms with Gasteiger partial charge in [-0.2, -0.15) is 13.2 Å². The smallest absolute Gasteiger partial charge is 0.416 e. The number of carbonyl (C=O) groups is 2. The first-order chi connectivity index (χ1) is 17.0. The number of phenolic OH excluding ortho intramolecular Hbond substituents is 1. The van der Waals surface area contributed by atoms with Crippen molar-refractivity contribution in [1.29, 1.82) is 0 Å². The average molecular weight is 495 g/mol. The number of amides is 1. The Kier molecular flexibility index (Phi) is 6.67. The van der Waals surface area contributed by atoms with Crippen LogP contribution in [-0.4, -0.2) is 27.2 Å². The lowest BCUT2D eigenvalue weighted by molar-refractivity contribution is -0.137. The topological polar surface area (TPSA) is 107 Å². The normalized spacial score (nSPS) is 12.3. The molecule has 0 bridgehead atoms. The summed E-state index contributed by atoms with van der Waals surface area (Å²) in [6.45, 7) is 0.0287. The lowest BCUT2D eigenvalue weighted by Gasteiger charge is -2.15. The number of phenols is 1. The highest BCUT2D eigenvalue weighted by atomic mass is 19.4. The number of nitrogens with one attached hydrogen (secondary N) is 1. The van der Waals surface area contributed by atoms with Gasteiger partial charge in [0.25, 0.3) is 5.91 Å². The first kappa shape index (κ1) is 24.7. The van der Waals surface area contributed by atoms with Crippen LogP contribution in [0, 0.1) is 0 Å². The number of halogens is 3. The highest BCUT2D eigenvalue weighted by Crippen LogP contribution is 2.34. The monoisotopic (exact) mass is 495 g/mol. The van der Waals surface area contributed by atoms with Crippen molar-refractivity contribution >= 4 is 22.6 Å². The van der Waals surface area contributed by atoms with E-state index in [1.807, 2.05) is 0 Å². The number of alkyl halides is 3. The van der Waals surface area contributed by atoms with Crippen LogP contribution in [0.25, 0.3) is 10.8 Å². The molecule has 36 heavy (non-hydrogen) atoms. The molecule has 1 unspecified atom stereocenters. The summed E-state index contributed by atoms with van der Waals surface area (Å²) in [7, 11) is 0. The van der Waals surface area contributed by atoms with E-state index in [1.165, 1.54) is 48.5 Å². The van der Waals surface area contributed by atoms with Crippen LogP contribution in [0.3, 0.4) is 0 Å². The van der Waals surface area contributed by atoms with Crippen molar-refractivity contribution in [3.05, 3.63) is 112 Å². The second kappa shape index (κ2) is 9.71. The largest absolute Gasteiger partial charge is 0.508 e. The molecule has 184 valence electrons. The van der Waals surface area contributed by atoms with Crippen molar-refractivity contribution in [2.24, 2.45) is 0 Å². The van der Waals surface area contributed by atoms with Crippen molar-refractivity contribution in [3.8, 4) is 5.75 Å². The molecule has 0 saturated heterocycles. The number of aromatic hydroxyl groups is 1. The third-order valence-electron chi connectivity index (χ3n) is 5.75. The molecule has 0 spiro atoms. The molecule has 0 aliphatic carbocycles. The van der Waals surface area contributed by atoms with Crippen LogP contribution in [0.2, 0.25) is 0 Å². The summed E-state index contributed by atoms with van der Waals surface area (Å²) in [6.07, 6.45) is -5.68. The van der Waals surface area contributed by atoms with Gasteiger partial charge in [-0.3, -0.25) is 4.79 Å². The first-order valence-electron chi connectivity index (χ1n) is 10.8. The minimum absolute atomic E-state index is 0.0287. The Hall–Kier alpha value is -4.37. The molecule has 1 atom stereocenters. The number of aromatic carboxylic acids is 1. The maximum absolute atomic E-state index is 12.7. The Morgan fingerprint density at radius 3 is 2.08 bits per heavy atom. The van der Waals surface area contributed by atoms with Crippen LogP contribution in [0.5, 0.6) is 5.75 Å². The molecule has 0 fully saturated rings. The van der Waals surface area contributed by atoms with Gasteiger partial charge >= 0.3 is 12.1 Å². The van der Waals surface area contributed by atoms with Gasteiger partial charge in [-0.25, -0.2) is 4.79 Å². The van der Waals surface area contributed by atoms with Crippen LogP contribution in [0.1, 0.15) is 49.1 Å². The van der Waals surface area contributed by atoms with Gasteiger partial charge < -0.3 is 20.6 Å². The maximum atomic E-state index is 12.7. The number of carbonyl (C=O) groups excluding carboxylic acids is 1. The van der Waals surface area contributed by atoms with Crippen molar-refractivity contribution < 1.29 is 38.1 Å². The number of carboxylic acids is 1. The molecule has 0 aliphatic rings. The number of hydrogen-bond acceptors (Lipinski definition) is 4. The molecule has 4 N–H and O–H groups in total. The molecule has 0 saturated carbocycles. The molecule has 9 heteroatoms. The second-order valence-corrected chi connectivity index (χ2v) is 8.18. The fraction of sp³-hybridized carbons (Fsp3) is 0.111. The quantitative estimate of drug-likeness (QED) is 0.291. The van der Waals surface area contributed by atoms with Crippen LogP contribution in [-0.2, 0) is 12.7 Å². The highest BCUT2D eigenvalue weighted by Gasteiger charge is 2.29. The molecular weight excluding hydrogens is 475 g/mol. The molecule has 0 aliphatic heterocycles. The third kappa shape index (κ3) is 5.31. The van der Waals surface area contributed by atoms with Gasteiger partial charge in [-0.1, -0.05) is 30.3 Å². The maximum Gasteiger partial charge on any atom is 0.416 e. The summed E-state index contributed by atoms with van der Waals surface area (Å²) >= 11 is 0. The van der Waals surface area contributed by atoms with E-state index in [-0.39, 0.29) is 29.0 Å². The number of aliphatic hydroxyl groups is 1. The Balaban J connectivity index is 1.53. The number of carboxylic acid groups (broad SMARTS) is 1. The van der Waals surface area contributed by atoms with Crippen LogP contribution < -0.4 is 5.32 Å². The van der Waals surface area contributed by atoms with Crippen molar-refractivity contribution in [3.63, 3.8) is 0 Å². The fourth-order valence-corrected chi connectivity index (χ4v) is 3.75. The zero-order chi connectivity index (χ0) is 26.0. The zero-order valence-corrected chi connectivity index (χ0v) is 18.6. The average Bonchev–Trinajstić information content (AvgIpc) is 2.86. The van der Waals surface area contributed by atoms with Gasteiger partial charge in [-0.05, 0) is 70.4 Å². The predicted octanol–water partition coefficient (Wildman–Crippen LogP) is 5.27. The molecule has 4 rings (SSSR count). The van der Waals surface area contributed by atoms with Gasteiger partial charge in [0.05, 0.1) is 11.1 Å². The third-order valence-corrected chi connectivity index (χ3v) is 5.75. The molecule has 0 radical (unpaired) electrons. The molecule has 6 nitrogen and oxygen atoms in total. The summed E-state index contributed by atoms with van der Waals surface area (Å²) in [5, 5.41) is 34.1. The summed E-state index contributed by atoms with van der Waals surface area (Å²) in [6, 6.07) is 17.8. The van der Waals surface area contributed by atoms with Crippen molar-refractivity contribution in [2.45, 2.75) is 18.8 Å². The standard InChI is InChI=1S/C27H20F3NO5/c28-27(29,30)21-9-1-15(2-10-21)14-31-25(34)19-8-7-18-13-23(32)22(12-20(18)11-19)24(33)16-3-5-17(6-4-16)26(35)36/h1-13,24,32-33H,14H2,(H,31,34)(H,35,36). The van der Waals surface area contributed by atoms with E-state index in [0.29, 0.717) is 21.9 Å². The van der Waals surface area contributed by atoms with E-state index in [1.54, 1.807) is 18.2 Å². The van der Waals surface area contributed by atoms with E-state index < -0.39 is 29.7 Å². The number of fused-ring (bicyclic) bond motifs is 1. The van der Waals surface area contributed by atoms with E-state index >= 15 is 0 Å². The number of hydrogen-bond donors (Lipinski definition) is 4. The van der Waals surface area contributed by atoms with Crippen LogP contribution in [0.4, 0.5) is 13.2 Å². The first-order valence-corrected chi connectivity index (χ1v) is 10.8. The summed E-state index contributed by atoms with van der Waals surface area (Å²) in [5.41, 5.74) is 0.618. The van der Waals surface area contributed by atoms with Crippen molar-refractivity contribution in [1.82, 2.24) is 5.32 Å². The molecule has 1 amide bonds. The second-order valence-electron chi connectivity index (χ2n) is 8.18. The van der Waals surface area contributed by atoms with Gasteiger partial charge in [-0.15, -0.1) is 0 Å². The van der Waals surface area contributed by atoms with E-state index in [0.717, 1.165) is 12.1 Å². The fourth-order valence-electron chi connectivity index (χ4n) is 3.75. The summed E-state index contributed by atoms with van der Waals surface area (Å²) in [4.78, 5) is 23.7. The lowest BCUT2D eigenvalue weighted by atomic mass is 9.96. The van der Waals surface area contributed by atoms with Crippen LogP contribution in [0.15, 0.2) is 78.9 Å². The molecule has 4 aromatic rings. The predicted molar refractivity (Wildman–Crippen MR) is 126 cm³/mol. The summed E-state index contributed by atoms with van der Waals surface area (Å²) in [5.74, 6) is -1.72. The minimum Gasteiger partial charge on any atom is -0.508 e. The highest BCUT2D eigenvalue weighted by molar-refractivity contribution is 5.99. The Bertz CT molecular complexity index is 1430. The van der Waals surface area contributed by atoms with E-state index in [4.69, 9.17) is 5.11 Å². The minimum atomic E-state index is -4.43.